The third-order valence-electron chi connectivity index (χ3n) is 2.14. The first kappa shape index (κ1) is 10.4. The number of hydrogen-bond donors (Lipinski definition) is 2. The number of hydrogen-bond acceptors (Lipinski definition) is 2. The summed E-state index contributed by atoms with van der Waals surface area (Å²) in [6, 6.07) is 0. The zero-order chi connectivity index (χ0) is 9.30. The molecule has 1 aliphatic rings. The van der Waals surface area contributed by atoms with E-state index in [0.717, 1.165) is 0 Å². The highest BCUT2D eigenvalue weighted by atomic mass is 79.9. The molecule has 0 amide bonds. The fourth-order valence-corrected chi connectivity index (χ4v) is 2.21. The Morgan fingerprint density at radius 3 is 1.92 bits per heavy atom. The van der Waals surface area contributed by atoms with Gasteiger partial charge in [0.2, 0.25) is 0 Å². The van der Waals surface area contributed by atoms with E-state index in [2.05, 4.69) is 15.9 Å². The minimum absolute atomic E-state index is 0.142. The highest BCUT2D eigenvalue weighted by Gasteiger charge is 2.44. The molecular formula is C6H10BBrF2O2. The average molecular weight is 243 g/mol. The molecule has 12 heavy (non-hydrogen) atoms. The van der Waals surface area contributed by atoms with Gasteiger partial charge in [-0.2, -0.15) is 0 Å². The summed E-state index contributed by atoms with van der Waals surface area (Å²) in [7, 11) is -1.89. The summed E-state index contributed by atoms with van der Waals surface area (Å²) < 4.78 is 26.0. The first-order valence-corrected chi connectivity index (χ1v) is 4.72. The van der Waals surface area contributed by atoms with Crippen molar-refractivity contribution in [3.05, 3.63) is 0 Å². The molecule has 0 bridgehead atoms. The molecule has 0 heterocycles. The van der Waals surface area contributed by atoms with Crippen LogP contribution in [0.25, 0.3) is 0 Å². The Morgan fingerprint density at radius 1 is 1.17 bits per heavy atom. The van der Waals surface area contributed by atoms with Gasteiger partial charge in [-0.15, -0.1) is 0 Å². The van der Waals surface area contributed by atoms with Crippen LogP contribution < -0.4 is 0 Å². The molecule has 0 radical (unpaired) electrons. The summed E-state index contributed by atoms with van der Waals surface area (Å²) in [5.74, 6) is -1.28. The summed E-state index contributed by atoms with van der Waals surface area (Å²) >= 11 is 3.10. The first-order valence-electron chi connectivity index (χ1n) is 3.80. The molecule has 1 fully saturated rings. The summed E-state index contributed by atoms with van der Waals surface area (Å²) in [4.78, 5) is -0.197. The van der Waals surface area contributed by atoms with E-state index in [0.29, 0.717) is 0 Å². The van der Waals surface area contributed by atoms with Crippen LogP contribution >= 0.6 is 15.9 Å². The molecule has 1 aliphatic carbocycles. The molecule has 0 aromatic rings. The monoisotopic (exact) mass is 242 g/mol. The number of rotatable bonds is 1. The van der Waals surface area contributed by atoms with Crippen molar-refractivity contribution < 1.29 is 18.8 Å². The van der Waals surface area contributed by atoms with Crippen LogP contribution in [0, 0.1) is 0 Å². The molecule has 0 saturated heterocycles. The lowest BCUT2D eigenvalue weighted by Gasteiger charge is -2.31. The van der Waals surface area contributed by atoms with E-state index in [4.69, 9.17) is 10.0 Å². The molecule has 2 unspecified atom stereocenters. The van der Waals surface area contributed by atoms with Gasteiger partial charge in [-0.25, -0.2) is 8.78 Å². The number of alkyl halides is 3. The Hall–Kier alpha value is 0.325. The quantitative estimate of drug-likeness (QED) is 0.534. The van der Waals surface area contributed by atoms with Gasteiger partial charge in [0, 0.05) is 4.83 Å². The molecule has 2 nitrogen and oxygen atoms in total. The Morgan fingerprint density at radius 2 is 1.58 bits per heavy atom. The summed E-state index contributed by atoms with van der Waals surface area (Å²) in [6.45, 7) is 0. The second kappa shape index (κ2) is 4.02. The van der Waals surface area contributed by atoms with Crippen molar-refractivity contribution in [2.75, 3.05) is 0 Å². The van der Waals surface area contributed by atoms with Crippen molar-refractivity contribution >= 4 is 23.0 Å². The van der Waals surface area contributed by atoms with Gasteiger partial charge in [0.05, 0.1) is 5.82 Å². The van der Waals surface area contributed by atoms with E-state index < -0.39 is 25.3 Å². The second-order valence-corrected chi connectivity index (χ2v) is 4.39. The maximum atomic E-state index is 13.0. The fourth-order valence-electron chi connectivity index (χ4n) is 1.50. The summed E-state index contributed by atoms with van der Waals surface area (Å²) in [5.41, 5.74) is 0. The summed E-state index contributed by atoms with van der Waals surface area (Å²) in [5, 5.41) is 17.3. The van der Waals surface area contributed by atoms with Crippen LogP contribution in [0.1, 0.15) is 12.8 Å². The zero-order valence-corrected chi connectivity index (χ0v) is 7.92. The minimum atomic E-state index is -1.89. The van der Waals surface area contributed by atoms with Gasteiger partial charge in [-0.3, -0.25) is 0 Å². The third kappa shape index (κ3) is 2.17. The first-order chi connectivity index (χ1) is 5.52. The molecule has 1 saturated carbocycles. The molecule has 6 heteroatoms. The van der Waals surface area contributed by atoms with Crippen LogP contribution in [-0.2, 0) is 0 Å². The SMILES string of the molecule is OB(O)C1C(F)CC(Br)CC1F. The van der Waals surface area contributed by atoms with Crippen molar-refractivity contribution in [1.29, 1.82) is 0 Å². The number of halogens is 3. The molecule has 0 spiro atoms. The largest absolute Gasteiger partial charge is 0.460 e. The third-order valence-corrected chi connectivity index (χ3v) is 2.89. The predicted octanol–water partition coefficient (Wildman–Crippen LogP) is 1.06. The van der Waals surface area contributed by atoms with Crippen molar-refractivity contribution in [2.45, 2.75) is 35.8 Å². The van der Waals surface area contributed by atoms with E-state index >= 15 is 0 Å². The van der Waals surface area contributed by atoms with Crippen molar-refractivity contribution in [3.63, 3.8) is 0 Å². The van der Waals surface area contributed by atoms with E-state index in [1.54, 1.807) is 0 Å². The Balaban J connectivity index is 2.60. The Bertz CT molecular complexity index is 148. The van der Waals surface area contributed by atoms with Crippen molar-refractivity contribution in [1.82, 2.24) is 0 Å². The molecule has 1 rings (SSSR count). The average Bonchev–Trinajstić information content (AvgIpc) is 1.82. The van der Waals surface area contributed by atoms with Crippen LogP contribution in [-0.4, -0.2) is 34.3 Å². The second-order valence-electron chi connectivity index (χ2n) is 3.09. The lowest BCUT2D eigenvalue weighted by molar-refractivity contribution is 0.141. The zero-order valence-electron chi connectivity index (χ0n) is 6.33. The molecule has 0 aromatic heterocycles. The summed E-state index contributed by atoms with van der Waals surface area (Å²) in [6.07, 6.45) is -2.66. The van der Waals surface area contributed by atoms with Crippen molar-refractivity contribution in [3.8, 4) is 0 Å². The minimum Gasteiger partial charge on any atom is -0.427 e. The predicted molar refractivity (Wildman–Crippen MR) is 45.7 cm³/mol. The van der Waals surface area contributed by atoms with Crippen LogP contribution in [0.2, 0.25) is 5.82 Å². The fraction of sp³-hybridized carbons (Fsp3) is 1.00. The maximum Gasteiger partial charge on any atom is 0.460 e. The van der Waals surface area contributed by atoms with Gasteiger partial charge < -0.3 is 10.0 Å². The van der Waals surface area contributed by atoms with E-state index in [1.807, 2.05) is 0 Å². The highest BCUT2D eigenvalue weighted by Crippen LogP contribution is 2.37. The Labute approximate surface area is 78.2 Å². The van der Waals surface area contributed by atoms with Gasteiger partial charge in [0.25, 0.3) is 0 Å². The molecule has 0 aliphatic heterocycles. The van der Waals surface area contributed by atoms with Crippen LogP contribution in [0.15, 0.2) is 0 Å². The normalized spacial score (nSPS) is 42.8. The lowest BCUT2D eigenvalue weighted by atomic mass is 9.63. The molecule has 0 aromatic carbocycles. The maximum absolute atomic E-state index is 13.0. The van der Waals surface area contributed by atoms with Gasteiger partial charge in [0.1, 0.15) is 12.3 Å². The molecule has 70 valence electrons. The molecule has 2 atom stereocenters. The highest BCUT2D eigenvalue weighted by molar-refractivity contribution is 9.09. The molecular weight excluding hydrogens is 233 g/mol. The lowest BCUT2D eigenvalue weighted by Crippen LogP contribution is -2.41. The van der Waals surface area contributed by atoms with E-state index in [-0.39, 0.29) is 17.7 Å². The van der Waals surface area contributed by atoms with Gasteiger partial charge in [0.15, 0.2) is 0 Å². The van der Waals surface area contributed by atoms with Crippen LogP contribution in [0.3, 0.4) is 0 Å². The molecule has 2 N–H and O–H groups in total. The van der Waals surface area contributed by atoms with Gasteiger partial charge >= 0.3 is 7.12 Å². The van der Waals surface area contributed by atoms with E-state index in [9.17, 15) is 8.78 Å². The van der Waals surface area contributed by atoms with Gasteiger partial charge in [-0.1, -0.05) is 15.9 Å². The Kier molecular flexibility index (Phi) is 3.49. The van der Waals surface area contributed by atoms with Gasteiger partial charge in [-0.05, 0) is 12.8 Å². The topological polar surface area (TPSA) is 40.5 Å². The van der Waals surface area contributed by atoms with Crippen LogP contribution in [0.5, 0.6) is 0 Å². The smallest absolute Gasteiger partial charge is 0.427 e. The van der Waals surface area contributed by atoms with Crippen LogP contribution in [0.4, 0.5) is 8.78 Å². The van der Waals surface area contributed by atoms with E-state index in [1.165, 1.54) is 0 Å². The standard InChI is InChI=1S/C6H10BBrF2O2/c8-3-1-4(9)6(7(11)12)5(10)2-3/h3-6,11-12H,1-2H2. The van der Waals surface area contributed by atoms with Crippen molar-refractivity contribution in [2.24, 2.45) is 0 Å².